The van der Waals surface area contributed by atoms with Crippen molar-refractivity contribution in [3.63, 3.8) is 0 Å². The predicted molar refractivity (Wildman–Crippen MR) is 66.0 cm³/mol. The van der Waals surface area contributed by atoms with Gasteiger partial charge in [0.25, 0.3) is 0 Å². The summed E-state index contributed by atoms with van der Waals surface area (Å²) in [5.74, 6) is -1.36. The van der Waals surface area contributed by atoms with Crippen LogP contribution in [0.1, 0.15) is 18.4 Å². The van der Waals surface area contributed by atoms with E-state index in [-0.39, 0.29) is 31.4 Å². The monoisotopic (exact) mass is 251 g/mol. The molecule has 3 N–H and O–H groups in total. The van der Waals surface area contributed by atoms with Crippen LogP contribution < -0.4 is 5.32 Å². The molecule has 0 fully saturated rings. The number of amides is 1. The average Bonchev–Trinajstić information content (AvgIpc) is 2.37. The maximum absolute atomic E-state index is 11.4. The molecule has 0 saturated carbocycles. The Balaban J connectivity index is 2.42. The van der Waals surface area contributed by atoms with Crippen molar-refractivity contribution < 1.29 is 19.8 Å². The summed E-state index contributed by atoms with van der Waals surface area (Å²) in [6, 6.07) is 9.10. The van der Waals surface area contributed by atoms with E-state index in [2.05, 4.69) is 5.32 Å². The Labute approximate surface area is 105 Å². The van der Waals surface area contributed by atoms with Gasteiger partial charge in [-0.2, -0.15) is 0 Å². The van der Waals surface area contributed by atoms with Crippen LogP contribution in [0.25, 0.3) is 0 Å². The molecule has 0 aliphatic heterocycles. The van der Waals surface area contributed by atoms with Gasteiger partial charge in [-0.1, -0.05) is 30.3 Å². The van der Waals surface area contributed by atoms with Crippen LogP contribution >= 0.6 is 0 Å². The zero-order valence-corrected chi connectivity index (χ0v) is 10.0. The van der Waals surface area contributed by atoms with Crippen molar-refractivity contribution in [2.24, 2.45) is 0 Å². The van der Waals surface area contributed by atoms with Gasteiger partial charge in [-0.3, -0.25) is 9.59 Å². The quantitative estimate of drug-likeness (QED) is 0.661. The van der Waals surface area contributed by atoms with Crippen LogP contribution in [0.15, 0.2) is 30.3 Å². The minimum atomic E-state index is -1.01. The lowest BCUT2D eigenvalue weighted by Crippen LogP contribution is -2.39. The van der Waals surface area contributed by atoms with Crippen LogP contribution in [0.3, 0.4) is 0 Å². The molecule has 18 heavy (non-hydrogen) atoms. The third kappa shape index (κ3) is 5.45. The molecule has 98 valence electrons. The predicted octanol–water partition coefficient (Wildman–Crippen LogP) is 0.571. The normalized spacial score (nSPS) is 11.8. The highest BCUT2D eigenvalue weighted by molar-refractivity contribution is 5.80. The van der Waals surface area contributed by atoms with Crippen molar-refractivity contribution in [2.75, 3.05) is 6.61 Å². The Morgan fingerprint density at radius 1 is 1.17 bits per heavy atom. The zero-order chi connectivity index (χ0) is 13.4. The van der Waals surface area contributed by atoms with Crippen molar-refractivity contribution in [1.82, 2.24) is 5.32 Å². The Kier molecular flexibility index (Phi) is 5.87. The standard InChI is InChI=1S/C13H17NO4/c15-9-11(8-10-4-2-1-3-5-10)14-12(16)6-7-13(17)18/h1-5,11,15H,6-9H2,(H,14,16)(H,17,18). The van der Waals surface area contributed by atoms with E-state index < -0.39 is 5.97 Å². The van der Waals surface area contributed by atoms with Gasteiger partial charge < -0.3 is 15.5 Å². The average molecular weight is 251 g/mol. The SMILES string of the molecule is O=C(O)CCC(=O)NC(CO)Cc1ccccc1. The van der Waals surface area contributed by atoms with E-state index in [1.807, 2.05) is 30.3 Å². The first-order valence-corrected chi connectivity index (χ1v) is 5.77. The third-order valence-corrected chi connectivity index (χ3v) is 2.48. The number of aliphatic hydroxyl groups excluding tert-OH is 1. The molecule has 0 heterocycles. The van der Waals surface area contributed by atoms with E-state index in [9.17, 15) is 14.7 Å². The van der Waals surface area contributed by atoms with E-state index >= 15 is 0 Å². The van der Waals surface area contributed by atoms with E-state index in [1.54, 1.807) is 0 Å². The van der Waals surface area contributed by atoms with Crippen molar-refractivity contribution in [3.8, 4) is 0 Å². The van der Waals surface area contributed by atoms with Crippen molar-refractivity contribution in [3.05, 3.63) is 35.9 Å². The van der Waals surface area contributed by atoms with Gasteiger partial charge in [-0.25, -0.2) is 0 Å². The minimum Gasteiger partial charge on any atom is -0.481 e. The number of aliphatic hydroxyl groups is 1. The van der Waals surface area contributed by atoms with Crippen LogP contribution in [0.5, 0.6) is 0 Å². The molecule has 5 nitrogen and oxygen atoms in total. The lowest BCUT2D eigenvalue weighted by atomic mass is 10.1. The number of carbonyl (C=O) groups is 2. The van der Waals surface area contributed by atoms with Gasteiger partial charge >= 0.3 is 5.97 Å². The van der Waals surface area contributed by atoms with Crippen LogP contribution in [0.4, 0.5) is 0 Å². The summed E-state index contributed by atoms with van der Waals surface area (Å²) in [7, 11) is 0. The second-order valence-electron chi connectivity index (χ2n) is 4.03. The van der Waals surface area contributed by atoms with Gasteiger partial charge in [0.1, 0.15) is 0 Å². The molecular weight excluding hydrogens is 234 g/mol. The summed E-state index contributed by atoms with van der Waals surface area (Å²) in [6.45, 7) is -0.173. The van der Waals surface area contributed by atoms with Crippen LogP contribution in [0.2, 0.25) is 0 Å². The number of hydrogen-bond acceptors (Lipinski definition) is 3. The largest absolute Gasteiger partial charge is 0.481 e. The minimum absolute atomic E-state index is 0.0688. The lowest BCUT2D eigenvalue weighted by molar-refractivity contribution is -0.139. The molecule has 1 unspecified atom stereocenters. The van der Waals surface area contributed by atoms with E-state index in [0.29, 0.717) is 6.42 Å². The zero-order valence-electron chi connectivity index (χ0n) is 10.0. The highest BCUT2D eigenvalue weighted by atomic mass is 16.4. The van der Waals surface area contributed by atoms with Crippen LogP contribution in [-0.2, 0) is 16.0 Å². The number of carboxylic acids is 1. The molecule has 1 aromatic rings. The molecule has 0 spiro atoms. The fourth-order valence-electron chi connectivity index (χ4n) is 1.58. The van der Waals surface area contributed by atoms with Crippen molar-refractivity contribution in [1.29, 1.82) is 0 Å². The van der Waals surface area contributed by atoms with Gasteiger partial charge in [-0.15, -0.1) is 0 Å². The molecule has 1 rings (SSSR count). The van der Waals surface area contributed by atoms with E-state index in [1.165, 1.54) is 0 Å². The van der Waals surface area contributed by atoms with Gasteiger partial charge in [0.2, 0.25) is 5.91 Å². The molecule has 5 heteroatoms. The van der Waals surface area contributed by atoms with E-state index in [4.69, 9.17) is 5.11 Å². The van der Waals surface area contributed by atoms with Gasteiger partial charge in [0.15, 0.2) is 0 Å². The number of carboxylic acid groups (broad SMARTS) is 1. The molecular formula is C13H17NO4. The molecule has 0 saturated heterocycles. The summed E-state index contributed by atoms with van der Waals surface area (Å²) >= 11 is 0. The topological polar surface area (TPSA) is 86.6 Å². The molecule has 0 aliphatic carbocycles. The summed E-state index contributed by atoms with van der Waals surface area (Å²) in [5.41, 5.74) is 1.01. The fraction of sp³-hybridized carbons (Fsp3) is 0.385. The maximum atomic E-state index is 11.4. The number of hydrogen-bond donors (Lipinski definition) is 3. The number of nitrogens with one attached hydrogen (secondary N) is 1. The van der Waals surface area contributed by atoms with Crippen LogP contribution in [-0.4, -0.2) is 34.7 Å². The first-order chi connectivity index (χ1) is 8.61. The number of aliphatic carboxylic acids is 1. The first kappa shape index (κ1) is 14.2. The second kappa shape index (κ2) is 7.45. The number of rotatable bonds is 7. The lowest BCUT2D eigenvalue weighted by Gasteiger charge is -2.16. The van der Waals surface area contributed by atoms with Crippen molar-refractivity contribution >= 4 is 11.9 Å². The highest BCUT2D eigenvalue weighted by Gasteiger charge is 2.12. The Morgan fingerprint density at radius 3 is 2.39 bits per heavy atom. The maximum Gasteiger partial charge on any atom is 0.303 e. The Hall–Kier alpha value is -1.88. The molecule has 1 atom stereocenters. The van der Waals surface area contributed by atoms with E-state index in [0.717, 1.165) is 5.56 Å². The Bertz CT molecular complexity index is 391. The summed E-state index contributed by atoms with van der Waals surface area (Å²) in [6.07, 6.45) is 0.256. The number of benzene rings is 1. The van der Waals surface area contributed by atoms with Gasteiger partial charge in [0.05, 0.1) is 19.1 Å². The molecule has 0 aromatic heterocycles. The summed E-state index contributed by atoms with van der Waals surface area (Å²) in [5, 5.41) is 20.3. The third-order valence-electron chi connectivity index (χ3n) is 2.48. The fourth-order valence-corrected chi connectivity index (χ4v) is 1.58. The first-order valence-electron chi connectivity index (χ1n) is 5.77. The molecule has 1 amide bonds. The smallest absolute Gasteiger partial charge is 0.303 e. The molecule has 1 aromatic carbocycles. The van der Waals surface area contributed by atoms with Gasteiger partial charge in [0, 0.05) is 6.42 Å². The van der Waals surface area contributed by atoms with Crippen LogP contribution in [0, 0.1) is 0 Å². The molecule has 0 bridgehead atoms. The summed E-state index contributed by atoms with van der Waals surface area (Å²) in [4.78, 5) is 21.7. The Morgan fingerprint density at radius 2 is 1.83 bits per heavy atom. The van der Waals surface area contributed by atoms with Gasteiger partial charge in [-0.05, 0) is 12.0 Å². The molecule has 0 aliphatic rings. The summed E-state index contributed by atoms with van der Waals surface area (Å²) < 4.78 is 0. The second-order valence-corrected chi connectivity index (χ2v) is 4.03. The number of carbonyl (C=O) groups excluding carboxylic acids is 1. The van der Waals surface area contributed by atoms with Crippen molar-refractivity contribution in [2.45, 2.75) is 25.3 Å². The molecule has 0 radical (unpaired) electrons. The highest BCUT2D eigenvalue weighted by Crippen LogP contribution is 2.03.